The monoisotopic (exact) mass is 349 g/mol. The van der Waals surface area contributed by atoms with Crippen LogP contribution in [0, 0.1) is 11.8 Å². The number of halogens is 4. The molecule has 0 aromatic heterocycles. The number of thioether (sulfide) groups is 1. The minimum Gasteiger partial charge on any atom is -0.247 e. The van der Waals surface area contributed by atoms with Crippen LogP contribution in [0.1, 0.15) is 32.1 Å². The number of alkyl halides is 3. The van der Waals surface area contributed by atoms with E-state index < -0.39 is 12.1 Å². The molecular weight excluding hydrogens is 331 g/mol. The largest absolute Gasteiger partial charge is 0.391 e. The van der Waals surface area contributed by atoms with Crippen LogP contribution < -0.4 is 0 Å². The summed E-state index contributed by atoms with van der Waals surface area (Å²) in [5, 5.41) is 1.63. The van der Waals surface area contributed by atoms with E-state index in [1.165, 1.54) is 0 Å². The van der Waals surface area contributed by atoms with Gasteiger partial charge in [-0.05, 0) is 68.5 Å². The number of hydrogen-bond donors (Lipinski definition) is 0. The highest BCUT2D eigenvalue weighted by molar-refractivity contribution is 8.13. The lowest BCUT2D eigenvalue weighted by Gasteiger charge is -2.29. The van der Waals surface area contributed by atoms with E-state index in [1.807, 2.05) is 18.4 Å². The van der Waals surface area contributed by atoms with E-state index in [4.69, 9.17) is 11.6 Å². The van der Waals surface area contributed by atoms with Crippen LogP contribution in [0.4, 0.5) is 18.9 Å². The van der Waals surface area contributed by atoms with Gasteiger partial charge >= 0.3 is 6.18 Å². The zero-order valence-electron chi connectivity index (χ0n) is 12.4. The second kappa shape index (κ2) is 7.73. The molecule has 0 heterocycles. The molecule has 1 saturated carbocycles. The molecule has 1 fully saturated rings. The molecule has 0 spiro atoms. The Kier molecular flexibility index (Phi) is 6.21. The van der Waals surface area contributed by atoms with Crippen molar-refractivity contribution in [3.05, 3.63) is 29.3 Å². The molecule has 1 aromatic carbocycles. The molecule has 0 atom stereocenters. The van der Waals surface area contributed by atoms with Gasteiger partial charge in [0, 0.05) is 5.02 Å². The predicted molar refractivity (Wildman–Crippen MR) is 88.2 cm³/mol. The lowest BCUT2D eigenvalue weighted by molar-refractivity contribution is -0.183. The van der Waals surface area contributed by atoms with Gasteiger partial charge in [-0.15, -0.1) is 11.8 Å². The standard InChI is InChI=1S/C16H19ClF3NS/c1-22-15(21-14-8-6-13(17)7-9-14)10-11-2-4-12(5-3-11)16(18,19)20/h6-9,11-12H,2-5,10H2,1H3. The van der Waals surface area contributed by atoms with Crippen molar-refractivity contribution >= 4 is 34.1 Å². The average Bonchev–Trinajstić information content (AvgIpc) is 2.48. The van der Waals surface area contributed by atoms with Gasteiger partial charge in [0.2, 0.25) is 0 Å². The van der Waals surface area contributed by atoms with Crippen LogP contribution in [0.15, 0.2) is 29.3 Å². The number of hydrogen-bond acceptors (Lipinski definition) is 2. The Balaban J connectivity index is 1.93. The maximum absolute atomic E-state index is 12.7. The highest BCUT2D eigenvalue weighted by Gasteiger charge is 2.41. The van der Waals surface area contributed by atoms with E-state index in [0.717, 1.165) is 17.2 Å². The molecule has 0 amide bonds. The first-order valence-corrected chi connectivity index (χ1v) is 8.92. The normalized spacial score (nSPS) is 23.6. The highest BCUT2D eigenvalue weighted by atomic mass is 35.5. The van der Waals surface area contributed by atoms with Crippen molar-refractivity contribution < 1.29 is 13.2 Å². The number of benzene rings is 1. The smallest absolute Gasteiger partial charge is 0.247 e. The quantitative estimate of drug-likeness (QED) is 0.448. The molecule has 0 bridgehead atoms. The van der Waals surface area contributed by atoms with Gasteiger partial charge in [0.15, 0.2) is 0 Å². The maximum atomic E-state index is 12.7. The summed E-state index contributed by atoms with van der Waals surface area (Å²) in [6.07, 6.45) is 0.428. The van der Waals surface area contributed by atoms with Gasteiger partial charge in [0.25, 0.3) is 0 Å². The first-order valence-electron chi connectivity index (χ1n) is 7.32. The van der Waals surface area contributed by atoms with Crippen molar-refractivity contribution in [1.82, 2.24) is 0 Å². The predicted octanol–water partition coefficient (Wildman–Crippen LogP) is 6.49. The molecule has 1 aromatic rings. The second-order valence-corrected chi connectivity index (χ2v) is 6.97. The van der Waals surface area contributed by atoms with E-state index in [1.54, 1.807) is 23.9 Å². The molecule has 0 N–H and O–H groups in total. The molecule has 0 radical (unpaired) electrons. The molecule has 0 unspecified atom stereocenters. The van der Waals surface area contributed by atoms with Gasteiger partial charge in [-0.25, -0.2) is 4.99 Å². The topological polar surface area (TPSA) is 12.4 Å². The maximum Gasteiger partial charge on any atom is 0.391 e. The Morgan fingerprint density at radius 3 is 2.27 bits per heavy atom. The van der Waals surface area contributed by atoms with E-state index in [0.29, 0.717) is 23.8 Å². The Morgan fingerprint density at radius 1 is 1.18 bits per heavy atom. The van der Waals surface area contributed by atoms with Crippen LogP contribution >= 0.6 is 23.4 Å². The van der Waals surface area contributed by atoms with Gasteiger partial charge < -0.3 is 0 Å². The Labute approximate surface area is 138 Å². The van der Waals surface area contributed by atoms with Crippen molar-refractivity contribution in [3.63, 3.8) is 0 Å². The zero-order valence-corrected chi connectivity index (χ0v) is 13.9. The summed E-state index contributed by atoms with van der Waals surface area (Å²) in [4.78, 5) is 4.58. The van der Waals surface area contributed by atoms with Crippen molar-refractivity contribution in [2.45, 2.75) is 38.3 Å². The summed E-state index contributed by atoms with van der Waals surface area (Å²) in [6, 6.07) is 7.26. The van der Waals surface area contributed by atoms with Gasteiger partial charge in [-0.3, -0.25) is 0 Å². The van der Waals surface area contributed by atoms with Crippen LogP contribution in [0.5, 0.6) is 0 Å². The van der Waals surface area contributed by atoms with E-state index in [9.17, 15) is 13.2 Å². The molecule has 2 rings (SSSR count). The van der Waals surface area contributed by atoms with Gasteiger partial charge in [-0.2, -0.15) is 13.2 Å². The van der Waals surface area contributed by atoms with Crippen LogP contribution in [-0.2, 0) is 0 Å². The highest BCUT2D eigenvalue weighted by Crippen LogP contribution is 2.41. The third kappa shape index (κ3) is 5.20. The number of rotatable bonds is 3. The fourth-order valence-corrected chi connectivity index (χ4v) is 3.50. The van der Waals surface area contributed by atoms with Crippen molar-refractivity contribution in [2.75, 3.05) is 6.26 Å². The first kappa shape index (κ1) is 17.7. The fraction of sp³-hybridized carbons (Fsp3) is 0.562. The Morgan fingerprint density at radius 2 is 1.77 bits per heavy atom. The molecule has 1 aliphatic carbocycles. The molecule has 0 saturated heterocycles. The van der Waals surface area contributed by atoms with Crippen LogP contribution in [0.25, 0.3) is 0 Å². The lowest BCUT2D eigenvalue weighted by Crippen LogP contribution is -2.28. The van der Waals surface area contributed by atoms with Crippen molar-refractivity contribution in [1.29, 1.82) is 0 Å². The summed E-state index contributed by atoms with van der Waals surface area (Å²) in [5.41, 5.74) is 0.831. The molecule has 22 heavy (non-hydrogen) atoms. The summed E-state index contributed by atoms with van der Waals surface area (Å²) < 4.78 is 38.0. The number of nitrogens with zero attached hydrogens (tertiary/aromatic N) is 1. The second-order valence-electron chi connectivity index (χ2n) is 5.65. The van der Waals surface area contributed by atoms with E-state index in [-0.39, 0.29) is 12.8 Å². The Hall–Kier alpha value is -0.680. The van der Waals surface area contributed by atoms with Gasteiger partial charge in [-0.1, -0.05) is 11.6 Å². The zero-order chi connectivity index (χ0) is 16.2. The summed E-state index contributed by atoms with van der Waals surface area (Å²) in [7, 11) is 0. The molecule has 122 valence electrons. The Bertz CT molecular complexity index is 505. The molecule has 1 nitrogen and oxygen atoms in total. The first-order chi connectivity index (χ1) is 10.4. The van der Waals surface area contributed by atoms with E-state index >= 15 is 0 Å². The average molecular weight is 350 g/mol. The van der Waals surface area contributed by atoms with Gasteiger partial charge in [0.05, 0.1) is 16.6 Å². The third-order valence-corrected chi connectivity index (χ3v) is 5.07. The summed E-state index contributed by atoms with van der Waals surface area (Å²) >= 11 is 7.41. The SMILES string of the molecule is CSC(CC1CCC(C(F)(F)F)CC1)=Nc1ccc(Cl)cc1. The fourth-order valence-electron chi connectivity index (χ4n) is 2.78. The lowest BCUT2D eigenvalue weighted by atomic mass is 9.80. The third-order valence-electron chi connectivity index (χ3n) is 4.09. The minimum absolute atomic E-state index is 0.247. The van der Waals surface area contributed by atoms with E-state index in [2.05, 4.69) is 4.99 Å². The molecule has 1 aliphatic rings. The molecule has 6 heteroatoms. The van der Waals surface area contributed by atoms with Crippen LogP contribution in [0.2, 0.25) is 5.02 Å². The van der Waals surface area contributed by atoms with Gasteiger partial charge in [0.1, 0.15) is 0 Å². The van der Waals surface area contributed by atoms with Crippen molar-refractivity contribution in [3.8, 4) is 0 Å². The minimum atomic E-state index is -4.04. The number of aliphatic imine (C=N–C) groups is 1. The van der Waals surface area contributed by atoms with Crippen molar-refractivity contribution in [2.24, 2.45) is 16.8 Å². The summed E-state index contributed by atoms with van der Waals surface area (Å²) in [6.45, 7) is 0. The molecule has 0 aliphatic heterocycles. The van der Waals surface area contributed by atoms with Crippen LogP contribution in [-0.4, -0.2) is 17.5 Å². The van der Waals surface area contributed by atoms with Crippen LogP contribution in [0.3, 0.4) is 0 Å². The summed E-state index contributed by atoms with van der Waals surface area (Å²) in [5.74, 6) is -0.813. The molecular formula is C16H19ClF3NS.